The van der Waals surface area contributed by atoms with E-state index in [-0.39, 0.29) is 24.2 Å². The summed E-state index contributed by atoms with van der Waals surface area (Å²) in [6.07, 6.45) is 1.83. The first-order valence-corrected chi connectivity index (χ1v) is 12.2. The van der Waals surface area contributed by atoms with Gasteiger partial charge in [0.1, 0.15) is 5.56 Å². The van der Waals surface area contributed by atoms with Gasteiger partial charge in [-0.05, 0) is 72.3 Å². The molecule has 0 radical (unpaired) electrons. The van der Waals surface area contributed by atoms with E-state index < -0.39 is 11.9 Å². The highest BCUT2D eigenvalue weighted by molar-refractivity contribution is 9.10. The van der Waals surface area contributed by atoms with Crippen molar-refractivity contribution in [3.05, 3.63) is 60.5 Å². The minimum absolute atomic E-state index is 0.0568. The van der Waals surface area contributed by atoms with Gasteiger partial charge in [0.05, 0.1) is 28.9 Å². The first-order valence-electron chi connectivity index (χ1n) is 11.4. The van der Waals surface area contributed by atoms with Crippen molar-refractivity contribution in [3.63, 3.8) is 0 Å². The van der Waals surface area contributed by atoms with Gasteiger partial charge in [-0.15, -0.1) is 0 Å². The van der Waals surface area contributed by atoms with Crippen LogP contribution in [0.3, 0.4) is 0 Å². The fourth-order valence-electron chi connectivity index (χ4n) is 4.03. The Morgan fingerprint density at radius 3 is 2.06 bits per heavy atom. The van der Waals surface area contributed by atoms with Gasteiger partial charge >= 0.3 is 5.97 Å². The second-order valence-corrected chi connectivity index (χ2v) is 8.29. The lowest BCUT2D eigenvalue weighted by Crippen LogP contribution is -2.31. The number of ether oxygens (including phenoxy) is 2. The second kappa shape index (κ2) is 12.1. The molecule has 2 aromatic rings. The number of amides is 1. The summed E-state index contributed by atoms with van der Waals surface area (Å²) in [5, 5.41) is 2.97. The number of pyridine rings is 1. The largest absolute Gasteiger partial charge is 0.462 e. The molecule has 1 amide bonds. The molecule has 1 aromatic heterocycles. The molecule has 0 aliphatic carbocycles. The van der Waals surface area contributed by atoms with Crippen LogP contribution in [-0.4, -0.2) is 30.2 Å². The van der Waals surface area contributed by atoms with Gasteiger partial charge in [-0.3, -0.25) is 9.59 Å². The second-order valence-electron chi connectivity index (χ2n) is 7.49. The summed E-state index contributed by atoms with van der Waals surface area (Å²) >= 11 is 3.41. The number of carbonyl (C=O) groups is 2. The summed E-state index contributed by atoms with van der Waals surface area (Å²) in [6, 6.07) is 3.48. The molecule has 1 N–H and O–H groups in total. The standard InChI is InChI=1S/C25H33BrN2O5/c1-7-15-12-17(25(31)33-11-5)13-16(8-2)22(15)27-24(30)20-19(14-32-6)28(10-4)18(9-3)21(26)23(20)29/h12-13H,7-11,14H2,1-6H3,(H,27,30). The predicted octanol–water partition coefficient (Wildman–Crippen LogP) is 4.89. The third kappa shape index (κ3) is 5.55. The molecule has 180 valence electrons. The summed E-state index contributed by atoms with van der Waals surface area (Å²) in [4.78, 5) is 39.0. The molecule has 2 rings (SSSR count). The smallest absolute Gasteiger partial charge is 0.338 e. The van der Waals surface area contributed by atoms with Crippen molar-refractivity contribution in [2.24, 2.45) is 0 Å². The summed E-state index contributed by atoms with van der Waals surface area (Å²) < 4.78 is 12.8. The minimum atomic E-state index is -0.495. The molecule has 0 fully saturated rings. The molecule has 0 aliphatic heterocycles. The molecular weight excluding hydrogens is 488 g/mol. The van der Waals surface area contributed by atoms with E-state index in [1.54, 1.807) is 19.1 Å². The molecule has 0 spiro atoms. The number of benzene rings is 1. The SMILES string of the molecule is CCOC(=O)c1cc(CC)c(NC(=O)c2c(COC)n(CC)c(CC)c(Br)c2=O)c(CC)c1. The van der Waals surface area contributed by atoms with Gasteiger partial charge in [-0.1, -0.05) is 20.8 Å². The number of nitrogens with zero attached hydrogens (tertiary/aromatic N) is 1. The van der Waals surface area contributed by atoms with E-state index in [1.165, 1.54) is 7.11 Å². The van der Waals surface area contributed by atoms with Crippen LogP contribution in [0.1, 0.15) is 77.8 Å². The van der Waals surface area contributed by atoms with E-state index in [0.717, 1.165) is 16.8 Å². The zero-order valence-electron chi connectivity index (χ0n) is 20.3. The average molecular weight is 521 g/mol. The van der Waals surface area contributed by atoms with Gasteiger partial charge in [0.2, 0.25) is 5.43 Å². The van der Waals surface area contributed by atoms with E-state index in [2.05, 4.69) is 21.2 Å². The van der Waals surface area contributed by atoms with Crippen molar-refractivity contribution in [1.82, 2.24) is 4.57 Å². The molecule has 7 nitrogen and oxygen atoms in total. The topological polar surface area (TPSA) is 86.6 Å². The highest BCUT2D eigenvalue weighted by Gasteiger charge is 2.25. The van der Waals surface area contributed by atoms with Crippen molar-refractivity contribution in [1.29, 1.82) is 0 Å². The number of hydrogen-bond donors (Lipinski definition) is 1. The Morgan fingerprint density at radius 2 is 1.61 bits per heavy atom. The molecule has 0 unspecified atom stereocenters. The summed E-state index contributed by atoms with van der Waals surface area (Å²) in [7, 11) is 1.54. The number of esters is 1. The molecular formula is C25H33BrN2O5. The average Bonchev–Trinajstić information content (AvgIpc) is 2.81. The fourth-order valence-corrected chi connectivity index (χ4v) is 4.72. The van der Waals surface area contributed by atoms with Crippen molar-refractivity contribution in [2.45, 2.75) is 67.0 Å². The monoisotopic (exact) mass is 520 g/mol. The van der Waals surface area contributed by atoms with Crippen molar-refractivity contribution in [3.8, 4) is 0 Å². The Labute approximate surface area is 203 Å². The van der Waals surface area contributed by atoms with Gasteiger partial charge < -0.3 is 19.4 Å². The maximum absolute atomic E-state index is 13.5. The number of hydrogen-bond acceptors (Lipinski definition) is 5. The number of rotatable bonds is 10. The normalized spacial score (nSPS) is 10.9. The Morgan fingerprint density at radius 1 is 1.00 bits per heavy atom. The lowest BCUT2D eigenvalue weighted by Gasteiger charge is -2.22. The van der Waals surface area contributed by atoms with Crippen molar-refractivity contribution >= 4 is 33.5 Å². The van der Waals surface area contributed by atoms with Gasteiger partial charge in [0.15, 0.2) is 0 Å². The molecule has 1 aromatic carbocycles. The molecule has 0 aliphatic rings. The van der Waals surface area contributed by atoms with Crippen LogP contribution in [0.5, 0.6) is 0 Å². The Balaban J connectivity index is 2.66. The first-order chi connectivity index (χ1) is 15.8. The van der Waals surface area contributed by atoms with Crippen LogP contribution in [-0.2, 0) is 41.9 Å². The summed E-state index contributed by atoms with van der Waals surface area (Å²) in [5.41, 5.74) is 3.75. The predicted molar refractivity (Wildman–Crippen MR) is 133 cm³/mol. The summed E-state index contributed by atoms with van der Waals surface area (Å²) in [6.45, 7) is 10.6. The Hall–Kier alpha value is -2.45. The highest BCUT2D eigenvalue weighted by atomic mass is 79.9. The minimum Gasteiger partial charge on any atom is -0.462 e. The van der Waals surface area contributed by atoms with Crippen LogP contribution >= 0.6 is 15.9 Å². The molecule has 1 heterocycles. The lowest BCUT2D eigenvalue weighted by molar-refractivity contribution is 0.0526. The molecule has 0 bridgehead atoms. The van der Waals surface area contributed by atoms with Crippen LogP contribution in [0.2, 0.25) is 0 Å². The van der Waals surface area contributed by atoms with Gasteiger partial charge in [-0.2, -0.15) is 0 Å². The third-order valence-corrected chi connectivity index (χ3v) is 6.41. The zero-order valence-corrected chi connectivity index (χ0v) is 21.8. The van der Waals surface area contributed by atoms with Crippen molar-refractivity contribution in [2.75, 3.05) is 19.0 Å². The Bertz CT molecular complexity index is 1070. The van der Waals surface area contributed by atoms with Crippen LogP contribution in [0, 0.1) is 0 Å². The number of carbonyl (C=O) groups excluding carboxylic acids is 2. The number of aromatic nitrogens is 1. The lowest BCUT2D eigenvalue weighted by atomic mass is 9.98. The van der Waals surface area contributed by atoms with E-state index in [0.29, 0.717) is 47.2 Å². The quantitative estimate of drug-likeness (QED) is 0.450. The molecule has 33 heavy (non-hydrogen) atoms. The fraction of sp³-hybridized carbons (Fsp3) is 0.480. The highest BCUT2D eigenvalue weighted by Crippen LogP contribution is 2.27. The molecule has 0 saturated carbocycles. The number of anilines is 1. The molecule has 0 atom stereocenters. The van der Waals surface area contributed by atoms with Crippen molar-refractivity contribution < 1.29 is 19.1 Å². The number of methoxy groups -OCH3 is 1. The number of nitrogens with one attached hydrogen (secondary N) is 1. The third-order valence-electron chi connectivity index (χ3n) is 5.59. The summed E-state index contributed by atoms with van der Waals surface area (Å²) in [5.74, 6) is -0.891. The van der Waals surface area contributed by atoms with E-state index >= 15 is 0 Å². The van der Waals surface area contributed by atoms with E-state index in [9.17, 15) is 14.4 Å². The molecule has 0 saturated heterocycles. The number of aryl methyl sites for hydroxylation is 2. The Kier molecular flexibility index (Phi) is 9.86. The van der Waals surface area contributed by atoms with Crippen LogP contribution < -0.4 is 10.7 Å². The van der Waals surface area contributed by atoms with E-state index in [1.807, 2.05) is 32.3 Å². The maximum Gasteiger partial charge on any atom is 0.338 e. The van der Waals surface area contributed by atoms with E-state index in [4.69, 9.17) is 9.47 Å². The van der Waals surface area contributed by atoms with Gasteiger partial charge in [0.25, 0.3) is 5.91 Å². The first kappa shape index (κ1) is 26.8. The van der Waals surface area contributed by atoms with Crippen LogP contribution in [0.4, 0.5) is 5.69 Å². The zero-order chi connectivity index (χ0) is 24.7. The van der Waals surface area contributed by atoms with Crippen LogP contribution in [0.25, 0.3) is 0 Å². The number of halogens is 1. The molecule has 8 heteroatoms. The van der Waals surface area contributed by atoms with Crippen LogP contribution in [0.15, 0.2) is 21.4 Å². The van der Waals surface area contributed by atoms with Gasteiger partial charge in [0, 0.05) is 25.0 Å². The maximum atomic E-state index is 13.5. The van der Waals surface area contributed by atoms with Gasteiger partial charge in [-0.25, -0.2) is 4.79 Å².